The van der Waals surface area contributed by atoms with Gasteiger partial charge >= 0.3 is 0 Å². The number of aryl methyl sites for hydroxylation is 1. The van der Waals surface area contributed by atoms with E-state index in [1.54, 1.807) is 11.3 Å². The van der Waals surface area contributed by atoms with Gasteiger partial charge in [-0.15, -0.1) is 11.3 Å². The lowest BCUT2D eigenvalue weighted by Crippen LogP contribution is -2.17. The van der Waals surface area contributed by atoms with Crippen LogP contribution in [-0.2, 0) is 19.5 Å². The summed E-state index contributed by atoms with van der Waals surface area (Å²) in [5.74, 6) is 0.701. The first-order valence-corrected chi connectivity index (χ1v) is 6.33. The predicted molar refractivity (Wildman–Crippen MR) is 65.1 cm³/mol. The third-order valence-electron chi connectivity index (χ3n) is 2.73. The molecule has 2 aromatic rings. The smallest absolute Gasteiger partial charge is 0.255 e. The molecule has 3 rings (SSSR count). The maximum atomic E-state index is 11.8. The van der Waals surface area contributed by atoms with Crippen LogP contribution in [0, 0.1) is 6.92 Å². The fraction of sp³-hybridized carbons (Fsp3) is 0.364. The Labute approximate surface area is 102 Å². The van der Waals surface area contributed by atoms with Crippen LogP contribution in [0.1, 0.15) is 27.8 Å². The molecule has 2 N–H and O–H groups in total. The van der Waals surface area contributed by atoms with Gasteiger partial charge < -0.3 is 10.3 Å². The second kappa shape index (κ2) is 4.05. The van der Waals surface area contributed by atoms with Gasteiger partial charge in [0.05, 0.1) is 17.7 Å². The van der Waals surface area contributed by atoms with Gasteiger partial charge in [-0.2, -0.15) is 0 Å². The standard InChI is InChI=1S/C11H12N4OS/c1-6-5-17-10(13-6)2-9-14-8-4-12-3-7(8)11(16)15-9/h5,12H,2-4H2,1H3,(H,14,15,16). The molecule has 0 fully saturated rings. The third kappa shape index (κ3) is 2.01. The maximum absolute atomic E-state index is 11.8. The van der Waals surface area contributed by atoms with Gasteiger partial charge in [0.1, 0.15) is 10.8 Å². The number of H-pyrrole nitrogens is 1. The van der Waals surface area contributed by atoms with Crippen LogP contribution in [0.5, 0.6) is 0 Å². The number of aromatic amines is 1. The molecule has 6 heteroatoms. The van der Waals surface area contributed by atoms with Gasteiger partial charge in [0.15, 0.2) is 0 Å². The molecule has 17 heavy (non-hydrogen) atoms. The van der Waals surface area contributed by atoms with Crippen molar-refractivity contribution in [1.82, 2.24) is 20.3 Å². The molecule has 1 aliphatic heterocycles. The van der Waals surface area contributed by atoms with E-state index in [0.29, 0.717) is 25.3 Å². The molecule has 88 valence electrons. The topological polar surface area (TPSA) is 70.7 Å². The van der Waals surface area contributed by atoms with E-state index >= 15 is 0 Å². The maximum Gasteiger partial charge on any atom is 0.255 e. The highest BCUT2D eigenvalue weighted by atomic mass is 32.1. The van der Waals surface area contributed by atoms with Crippen LogP contribution in [0.4, 0.5) is 0 Å². The van der Waals surface area contributed by atoms with Crippen molar-refractivity contribution in [2.75, 3.05) is 0 Å². The Morgan fingerprint density at radius 1 is 1.41 bits per heavy atom. The summed E-state index contributed by atoms with van der Waals surface area (Å²) in [7, 11) is 0. The predicted octanol–water partition coefficient (Wildman–Crippen LogP) is 0.729. The van der Waals surface area contributed by atoms with E-state index in [0.717, 1.165) is 22.0 Å². The summed E-state index contributed by atoms with van der Waals surface area (Å²) in [6.45, 7) is 3.26. The van der Waals surface area contributed by atoms with Gasteiger partial charge in [-0.1, -0.05) is 0 Å². The number of nitrogens with one attached hydrogen (secondary N) is 2. The molecule has 3 heterocycles. The van der Waals surface area contributed by atoms with Crippen molar-refractivity contribution in [3.63, 3.8) is 0 Å². The molecule has 0 aliphatic carbocycles. The fourth-order valence-corrected chi connectivity index (χ4v) is 2.72. The van der Waals surface area contributed by atoms with Gasteiger partial charge in [0.2, 0.25) is 0 Å². The van der Waals surface area contributed by atoms with Crippen molar-refractivity contribution >= 4 is 11.3 Å². The molecular formula is C11H12N4OS. The van der Waals surface area contributed by atoms with Crippen LogP contribution in [0.2, 0.25) is 0 Å². The summed E-state index contributed by atoms with van der Waals surface area (Å²) in [5, 5.41) is 6.11. The molecule has 0 radical (unpaired) electrons. The monoisotopic (exact) mass is 248 g/mol. The summed E-state index contributed by atoms with van der Waals surface area (Å²) < 4.78 is 0. The van der Waals surface area contributed by atoms with Crippen LogP contribution < -0.4 is 10.9 Å². The zero-order valence-corrected chi connectivity index (χ0v) is 10.2. The molecule has 0 saturated carbocycles. The van der Waals surface area contributed by atoms with Crippen molar-refractivity contribution in [1.29, 1.82) is 0 Å². The van der Waals surface area contributed by atoms with Crippen LogP contribution in [0.25, 0.3) is 0 Å². The van der Waals surface area contributed by atoms with Crippen molar-refractivity contribution in [3.05, 3.63) is 43.5 Å². The van der Waals surface area contributed by atoms with E-state index in [9.17, 15) is 4.79 Å². The Morgan fingerprint density at radius 2 is 2.29 bits per heavy atom. The minimum absolute atomic E-state index is 0.0247. The van der Waals surface area contributed by atoms with Crippen LogP contribution in [-0.4, -0.2) is 15.0 Å². The van der Waals surface area contributed by atoms with E-state index in [1.807, 2.05) is 12.3 Å². The molecule has 0 aromatic carbocycles. The molecule has 1 aliphatic rings. The van der Waals surface area contributed by atoms with Crippen molar-refractivity contribution in [2.45, 2.75) is 26.4 Å². The lowest BCUT2D eigenvalue weighted by atomic mass is 10.2. The number of fused-ring (bicyclic) bond motifs is 1. The summed E-state index contributed by atoms with van der Waals surface area (Å²) in [5.41, 5.74) is 2.62. The molecule has 0 atom stereocenters. The van der Waals surface area contributed by atoms with E-state index in [4.69, 9.17) is 0 Å². The molecule has 2 aromatic heterocycles. The van der Waals surface area contributed by atoms with E-state index in [2.05, 4.69) is 20.3 Å². The van der Waals surface area contributed by atoms with Gasteiger partial charge in [-0.25, -0.2) is 9.97 Å². The lowest BCUT2D eigenvalue weighted by Gasteiger charge is -2.01. The number of hydrogen-bond acceptors (Lipinski definition) is 5. The summed E-state index contributed by atoms with van der Waals surface area (Å²) in [4.78, 5) is 23.4. The summed E-state index contributed by atoms with van der Waals surface area (Å²) in [6.07, 6.45) is 0.598. The minimum Gasteiger partial charge on any atom is -0.310 e. The molecular weight excluding hydrogens is 236 g/mol. The highest BCUT2D eigenvalue weighted by molar-refractivity contribution is 7.09. The molecule has 5 nitrogen and oxygen atoms in total. The highest BCUT2D eigenvalue weighted by Crippen LogP contribution is 2.13. The average molecular weight is 248 g/mol. The van der Waals surface area contributed by atoms with Crippen LogP contribution >= 0.6 is 11.3 Å². The lowest BCUT2D eigenvalue weighted by molar-refractivity contribution is 0.755. The first kappa shape index (κ1) is 10.6. The molecule has 0 saturated heterocycles. The number of rotatable bonds is 2. The molecule has 0 unspecified atom stereocenters. The van der Waals surface area contributed by atoms with Gasteiger partial charge in [-0.3, -0.25) is 4.79 Å². The Kier molecular flexibility index (Phi) is 2.53. The largest absolute Gasteiger partial charge is 0.310 e. The summed E-state index contributed by atoms with van der Waals surface area (Å²) >= 11 is 1.59. The van der Waals surface area contributed by atoms with Crippen LogP contribution in [0.3, 0.4) is 0 Å². The summed E-state index contributed by atoms with van der Waals surface area (Å²) in [6, 6.07) is 0. The Bertz CT molecular complexity index is 616. The average Bonchev–Trinajstić information content (AvgIpc) is 2.87. The van der Waals surface area contributed by atoms with E-state index in [-0.39, 0.29) is 5.56 Å². The Morgan fingerprint density at radius 3 is 3.06 bits per heavy atom. The van der Waals surface area contributed by atoms with E-state index < -0.39 is 0 Å². The normalized spacial score (nSPS) is 13.9. The quantitative estimate of drug-likeness (QED) is 0.822. The fourth-order valence-electron chi connectivity index (χ4n) is 1.94. The number of hydrogen-bond donors (Lipinski definition) is 2. The third-order valence-corrected chi connectivity index (χ3v) is 3.70. The second-order valence-corrected chi connectivity index (χ2v) is 5.04. The minimum atomic E-state index is -0.0247. The molecule has 0 bridgehead atoms. The van der Waals surface area contributed by atoms with Crippen molar-refractivity contribution in [3.8, 4) is 0 Å². The van der Waals surface area contributed by atoms with Crippen molar-refractivity contribution < 1.29 is 0 Å². The second-order valence-electron chi connectivity index (χ2n) is 4.10. The number of nitrogens with zero attached hydrogens (tertiary/aromatic N) is 2. The Balaban J connectivity index is 1.94. The van der Waals surface area contributed by atoms with Crippen LogP contribution in [0.15, 0.2) is 10.2 Å². The van der Waals surface area contributed by atoms with E-state index in [1.165, 1.54) is 0 Å². The first-order valence-electron chi connectivity index (χ1n) is 5.45. The number of thiazole rings is 1. The van der Waals surface area contributed by atoms with Gasteiger partial charge in [-0.05, 0) is 6.92 Å². The van der Waals surface area contributed by atoms with Gasteiger partial charge in [0.25, 0.3) is 5.56 Å². The zero-order chi connectivity index (χ0) is 11.8. The first-order chi connectivity index (χ1) is 8.22. The SMILES string of the molecule is Cc1csc(Cc2nc3c(c(=O)[nH]2)CNC3)n1. The molecule has 0 amide bonds. The Hall–Kier alpha value is -1.53. The number of aromatic nitrogens is 3. The van der Waals surface area contributed by atoms with Crippen molar-refractivity contribution in [2.24, 2.45) is 0 Å². The molecule has 0 spiro atoms. The highest BCUT2D eigenvalue weighted by Gasteiger charge is 2.16. The van der Waals surface area contributed by atoms with Gasteiger partial charge in [0, 0.05) is 24.2 Å². The zero-order valence-electron chi connectivity index (χ0n) is 9.41.